The van der Waals surface area contributed by atoms with E-state index in [4.69, 9.17) is 0 Å². The molecule has 0 amide bonds. The molecule has 1 heterocycles. The van der Waals surface area contributed by atoms with Crippen molar-refractivity contribution in [3.8, 4) is 5.75 Å². The van der Waals surface area contributed by atoms with Crippen molar-refractivity contribution in [1.29, 1.82) is 0 Å². The number of hydrogen-bond acceptors (Lipinski definition) is 3. The normalized spacial score (nSPS) is 11.3. The minimum Gasteiger partial charge on any atom is -0.508 e. The molecule has 1 N–H and O–H groups in total. The van der Waals surface area contributed by atoms with Crippen LogP contribution in [-0.4, -0.2) is 10.1 Å². The van der Waals surface area contributed by atoms with Gasteiger partial charge < -0.3 is 5.11 Å². The second kappa shape index (κ2) is 4.63. The molecule has 0 bridgehead atoms. The van der Waals surface area contributed by atoms with Crippen LogP contribution in [0.25, 0.3) is 22.4 Å². The summed E-state index contributed by atoms with van der Waals surface area (Å²) in [5.74, 6) is 0.279. The Morgan fingerprint density at radius 1 is 1.00 bits per heavy atom. The summed E-state index contributed by atoms with van der Waals surface area (Å²) < 4.78 is 1.19. The fourth-order valence-corrected chi connectivity index (χ4v) is 2.63. The van der Waals surface area contributed by atoms with Gasteiger partial charge in [0, 0.05) is 0 Å². The molecule has 0 spiro atoms. The van der Waals surface area contributed by atoms with Crippen LogP contribution in [0, 0.1) is 0 Å². The maximum atomic E-state index is 9.38. The van der Waals surface area contributed by atoms with E-state index in [0.29, 0.717) is 0 Å². The minimum atomic E-state index is 0.279. The molecule has 0 saturated heterocycles. The summed E-state index contributed by atoms with van der Waals surface area (Å²) >= 11 is 1.66. The Kier molecular flexibility index (Phi) is 2.82. The monoisotopic (exact) mass is 253 g/mol. The third-order valence-electron chi connectivity index (χ3n) is 2.60. The Morgan fingerprint density at radius 3 is 2.72 bits per heavy atom. The van der Waals surface area contributed by atoms with Crippen molar-refractivity contribution < 1.29 is 5.11 Å². The van der Waals surface area contributed by atoms with Gasteiger partial charge in [0.15, 0.2) is 0 Å². The van der Waals surface area contributed by atoms with E-state index in [-0.39, 0.29) is 5.75 Å². The minimum absolute atomic E-state index is 0.279. The largest absolute Gasteiger partial charge is 0.508 e. The fourth-order valence-electron chi connectivity index (χ4n) is 1.76. The molecule has 3 heteroatoms. The Hall–Kier alpha value is -2.13. The van der Waals surface area contributed by atoms with Gasteiger partial charge in [-0.25, -0.2) is 4.98 Å². The smallest absolute Gasteiger partial charge is 0.117 e. The lowest BCUT2D eigenvalue weighted by Crippen LogP contribution is -1.71. The van der Waals surface area contributed by atoms with Gasteiger partial charge in [-0.3, -0.25) is 0 Å². The van der Waals surface area contributed by atoms with Crippen molar-refractivity contribution in [3.05, 3.63) is 59.1 Å². The van der Waals surface area contributed by atoms with Gasteiger partial charge in [-0.2, -0.15) is 0 Å². The molecule has 0 aliphatic rings. The summed E-state index contributed by atoms with van der Waals surface area (Å²) in [6.45, 7) is 0. The quantitative estimate of drug-likeness (QED) is 0.743. The highest BCUT2D eigenvalue weighted by atomic mass is 32.1. The van der Waals surface area contributed by atoms with Gasteiger partial charge in [-0.15, -0.1) is 11.3 Å². The van der Waals surface area contributed by atoms with Gasteiger partial charge in [-0.1, -0.05) is 30.3 Å². The van der Waals surface area contributed by atoms with E-state index in [2.05, 4.69) is 11.1 Å². The number of para-hydroxylation sites is 1. The predicted molar refractivity (Wildman–Crippen MR) is 76.7 cm³/mol. The van der Waals surface area contributed by atoms with Crippen molar-refractivity contribution in [3.63, 3.8) is 0 Å². The van der Waals surface area contributed by atoms with Crippen LogP contribution in [0.2, 0.25) is 0 Å². The number of hydrogen-bond donors (Lipinski definition) is 1. The molecule has 0 aliphatic heterocycles. The van der Waals surface area contributed by atoms with Crippen LogP contribution in [-0.2, 0) is 0 Å². The van der Waals surface area contributed by atoms with Crippen molar-refractivity contribution in [2.45, 2.75) is 0 Å². The molecule has 0 aliphatic carbocycles. The predicted octanol–water partition coefficient (Wildman–Crippen LogP) is 4.17. The molecule has 88 valence electrons. The van der Waals surface area contributed by atoms with E-state index in [1.807, 2.05) is 42.5 Å². The number of aromatic hydroxyl groups is 1. The molecule has 3 aromatic rings. The number of aromatic nitrogens is 1. The zero-order chi connectivity index (χ0) is 12.4. The number of benzene rings is 2. The third-order valence-corrected chi connectivity index (χ3v) is 3.60. The van der Waals surface area contributed by atoms with Crippen LogP contribution < -0.4 is 0 Å². The average molecular weight is 253 g/mol. The summed E-state index contributed by atoms with van der Waals surface area (Å²) in [6.07, 6.45) is 3.93. The number of nitrogens with zero attached hydrogens (tertiary/aromatic N) is 1. The highest BCUT2D eigenvalue weighted by Crippen LogP contribution is 2.23. The molecule has 18 heavy (non-hydrogen) atoms. The maximum Gasteiger partial charge on any atom is 0.117 e. The molecule has 3 rings (SSSR count). The average Bonchev–Trinajstić information content (AvgIpc) is 2.79. The van der Waals surface area contributed by atoms with Crippen LogP contribution in [0.3, 0.4) is 0 Å². The lowest BCUT2D eigenvalue weighted by Gasteiger charge is -1.93. The van der Waals surface area contributed by atoms with Crippen molar-refractivity contribution in [2.75, 3.05) is 0 Å². The summed E-state index contributed by atoms with van der Waals surface area (Å²) in [7, 11) is 0. The standard InChI is InChI=1S/C15H11NOS/c17-12-5-3-4-11(10-12)8-9-15-16-13-6-1-2-7-14(13)18-15/h1-10,17H/b9-8-. The van der Waals surface area contributed by atoms with E-state index < -0.39 is 0 Å². The summed E-state index contributed by atoms with van der Waals surface area (Å²) in [4.78, 5) is 4.52. The summed E-state index contributed by atoms with van der Waals surface area (Å²) in [5.41, 5.74) is 1.99. The van der Waals surface area contributed by atoms with Crippen LogP contribution in [0.1, 0.15) is 10.6 Å². The highest BCUT2D eigenvalue weighted by Gasteiger charge is 1.99. The first-order chi connectivity index (χ1) is 8.81. The van der Waals surface area contributed by atoms with Crippen LogP contribution >= 0.6 is 11.3 Å². The Morgan fingerprint density at radius 2 is 1.89 bits per heavy atom. The van der Waals surface area contributed by atoms with Crippen molar-refractivity contribution >= 4 is 33.7 Å². The van der Waals surface area contributed by atoms with E-state index in [1.54, 1.807) is 23.5 Å². The number of fused-ring (bicyclic) bond motifs is 1. The molecular formula is C15H11NOS. The van der Waals surface area contributed by atoms with Crippen LogP contribution in [0.5, 0.6) is 5.75 Å². The topological polar surface area (TPSA) is 33.1 Å². The summed E-state index contributed by atoms with van der Waals surface area (Å²) in [6, 6.07) is 15.2. The molecule has 2 nitrogen and oxygen atoms in total. The van der Waals surface area contributed by atoms with E-state index in [0.717, 1.165) is 16.1 Å². The number of rotatable bonds is 2. The van der Waals surface area contributed by atoms with Gasteiger partial charge in [0.05, 0.1) is 10.2 Å². The lowest BCUT2D eigenvalue weighted by molar-refractivity contribution is 0.475. The number of phenols is 1. The van der Waals surface area contributed by atoms with Gasteiger partial charge in [-0.05, 0) is 35.9 Å². The van der Waals surface area contributed by atoms with Crippen LogP contribution in [0.15, 0.2) is 48.5 Å². The zero-order valence-electron chi connectivity index (χ0n) is 9.58. The number of thiazole rings is 1. The molecular weight excluding hydrogens is 242 g/mol. The van der Waals surface area contributed by atoms with Gasteiger partial charge >= 0.3 is 0 Å². The van der Waals surface area contributed by atoms with Crippen LogP contribution in [0.4, 0.5) is 0 Å². The van der Waals surface area contributed by atoms with E-state index >= 15 is 0 Å². The third kappa shape index (κ3) is 2.26. The first-order valence-corrected chi connectivity index (χ1v) is 6.45. The first kappa shape index (κ1) is 11.0. The zero-order valence-corrected chi connectivity index (χ0v) is 10.4. The Balaban J connectivity index is 1.92. The lowest BCUT2D eigenvalue weighted by atomic mass is 10.2. The molecule has 0 saturated carbocycles. The second-order valence-electron chi connectivity index (χ2n) is 3.95. The molecule has 2 aromatic carbocycles. The SMILES string of the molecule is Oc1cccc(/C=C\c2nc3ccccc3s2)c1. The second-order valence-corrected chi connectivity index (χ2v) is 5.01. The maximum absolute atomic E-state index is 9.38. The molecule has 0 radical (unpaired) electrons. The van der Waals surface area contributed by atoms with Gasteiger partial charge in [0.1, 0.15) is 10.8 Å². The van der Waals surface area contributed by atoms with Gasteiger partial charge in [0.25, 0.3) is 0 Å². The van der Waals surface area contributed by atoms with Crippen molar-refractivity contribution in [2.24, 2.45) is 0 Å². The molecule has 0 unspecified atom stereocenters. The van der Waals surface area contributed by atoms with E-state index in [9.17, 15) is 5.11 Å². The van der Waals surface area contributed by atoms with Gasteiger partial charge in [0.2, 0.25) is 0 Å². The fraction of sp³-hybridized carbons (Fsp3) is 0. The summed E-state index contributed by atoms with van der Waals surface area (Å²) in [5, 5.41) is 10.3. The van der Waals surface area contributed by atoms with E-state index in [1.165, 1.54) is 4.70 Å². The first-order valence-electron chi connectivity index (χ1n) is 5.64. The highest BCUT2D eigenvalue weighted by molar-refractivity contribution is 7.19. The Bertz CT molecular complexity index is 682. The van der Waals surface area contributed by atoms with Crippen molar-refractivity contribution in [1.82, 2.24) is 4.98 Å². The number of phenolic OH excluding ortho intramolecular Hbond substituents is 1. The Labute approximate surface area is 109 Å². The molecule has 1 aromatic heterocycles. The molecule has 0 fully saturated rings. The molecule has 0 atom stereocenters.